The van der Waals surface area contributed by atoms with Crippen molar-refractivity contribution in [1.29, 1.82) is 0 Å². The largest absolute Gasteiger partial charge is 0.356 e. The van der Waals surface area contributed by atoms with Gasteiger partial charge in [-0.2, -0.15) is 8.42 Å². The van der Waals surface area contributed by atoms with Crippen LogP contribution in [-0.4, -0.2) is 38.0 Å². The molecule has 0 aliphatic carbocycles. The van der Waals surface area contributed by atoms with Gasteiger partial charge in [-0.1, -0.05) is 23.7 Å². The minimum absolute atomic E-state index is 0.284. The van der Waals surface area contributed by atoms with Crippen LogP contribution in [0.15, 0.2) is 36.7 Å². The van der Waals surface area contributed by atoms with Crippen molar-refractivity contribution >= 4 is 27.6 Å². The Morgan fingerprint density at radius 2 is 1.88 bits per heavy atom. The lowest BCUT2D eigenvalue weighted by atomic mass is 9.97. The molecule has 1 aromatic carbocycles. The summed E-state index contributed by atoms with van der Waals surface area (Å²) in [7, 11) is -3.62. The van der Waals surface area contributed by atoms with E-state index in [9.17, 15) is 8.42 Å². The number of hydrogen-bond donors (Lipinski definition) is 2. The maximum atomic E-state index is 11.0. The van der Waals surface area contributed by atoms with Gasteiger partial charge in [-0.15, -0.1) is 0 Å². The zero-order valence-corrected chi connectivity index (χ0v) is 15.2. The van der Waals surface area contributed by atoms with Crippen LogP contribution in [0.5, 0.6) is 0 Å². The molecular weight excluding hydrogens is 362 g/mol. The molecule has 3 N–H and O–H groups in total. The number of anilines is 1. The molecule has 25 heavy (non-hydrogen) atoms. The maximum Gasteiger partial charge on any atom is 0.274 e. The van der Waals surface area contributed by atoms with E-state index in [4.69, 9.17) is 16.7 Å². The second-order valence-electron chi connectivity index (χ2n) is 6.09. The summed E-state index contributed by atoms with van der Waals surface area (Å²) in [5.74, 6) is 1.16. The molecule has 1 aliphatic rings. The molecular formula is C16H20ClN5O2S. The van der Waals surface area contributed by atoms with E-state index in [0.29, 0.717) is 11.6 Å². The molecule has 0 unspecified atom stereocenters. The topological polar surface area (TPSA) is 101 Å². The fourth-order valence-electron chi connectivity index (χ4n) is 2.90. The van der Waals surface area contributed by atoms with Crippen molar-refractivity contribution in [3.05, 3.63) is 41.7 Å². The molecule has 0 bridgehead atoms. The third kappa shape index (κ3) is 5.12. The highest BCUT2D eigenvalue weighted by Gasteiger charge is 2.21. The number of nitrogens with two attached hydrogens (primary N) is 1. The van der Waals surface area contributed by atoms with E-state index in [1.807, 2.05) is 30.3 Å². The van der Waals surface area contributed by atoms with Gasteiger partial charge in [0.15, 0.2) is 0 Å². The lowest BCUT2D eigenvalue weighted by Gasteiger charge is -2.32. The van der Waals surface area contributed by atoms with Gasteiger partial charge >= 0.3 is 0 Å². The number of benzene rings is 1. The van der Waals surface area contributed by atoms with Crippen LogP contribution in [0.25, 0.3) is 11.3 Å². The van der Waals surface area contributed by atoms with E-state index in [-0.39, 0.29) is 5.92 Å². The lowest BCUT2D eigenvalue weighted by molar-refractivity contribution is 0.400. The monoisotopic (exact) mass is 381 g/mol. The first kappa shape index (κ1) is 18.1. The predicted molar refractivity (Wildman–Crippen MR) is 98.5 cm³/mol. The number of halogens is 1. The van der Waals surface area contributed by atoms with Crippen LogP contribution in [0, 0.1) is 5.92 Å². The van der Waals surface area contributed by atoms with Crippen molar-refractivity contribution in [2.75, 3.05) is 24.5 Å². The fraction of sp³-hybridized carbons (Fsp3) is 0.375. The first-order valence-corrected chi connectivity index (χ1v) is 9.93. The fourth-order valence-corrected chi connectivity index (χ4v) is 3.49. The number of piperidine rings is 1. The average Bonchev–Trinajstić information content (AvgIpc) is 2.61. The smallest absolute Gasteiger partial charge is 0.274 e. The van der Waals surface area contributed by atoms with Crippen LogP contribution in [0.2, 0.25) is 5.02 Å². The molecule has 1 aliphatic heterocycles. The highest BCUT2D eigenvalue weighted by Crippen LogP contribution is 2.25. The average molecular weight is 382 g/mol. The third-order valence-electron chi connectivity index (χ3n) is 4.30. The molecule has 0 saturated carbocycles. The highest BCUT2D eigenvalue weighted by atomic mass is 35.5. The van der Waals surface area contributed by atoms with E-state index >= 15 is 0 Å². The summed E-state index contributed by atoms with van der Waals surface area (Å²) in [5, 5.41) is 5.67. The number of nitrogens with zero attached hydrogens (tertiary/aromatic N) is 3. The number of hydrogen-bond acceptors (Lipinski definition) is 5. The Labute approximate surface area is 152 Å². The van der Waals surface area contributed by atoms with E-state index in [2.05, 4.69) is 19.6 Å². The highest BCUT2D eigenvalue weighted by molar-refractivity contribution is 7.87. The van der Waals surface area contributed by atoms with E-state index in [1.54, 1.807) is 6.33 Å². The lowest BCUT2D eigenvalue weighted by Crippen LogP contribution is -2.40. The Morgan fingerprint density at radius 1 is 1.20 bits per heavy atom. The summed E-state index contributed by atoms with van der Waals surface area (Å²) in [6.07, 6.45) is 3.32. The van der Waals surface area contributed by atoms with Crippen LogP contribution < -0.4 is 14.8 Å². The molecule has 0 atom stereocenters. The Bertz CT molecular complexity index is 821. The molecule has 3 rings (SSSR count). The minimum atomic E-state index is -3.62. The molecule has 2 aromatic rings. The van der Waals surface area contributed by atoms with Crippen molar-refractivity contribution in [2.45, 2.75) is 12.8 Å². The van der Waals surface area contributed by atoms with Gasteiger partial charge in [-0.3, -0.25) is 0 Å². The minimum Gasteiger partial charge on any atom is -0.356 e. The summed E-state index contributed by atoms with van der Waals surface area (Å²) in [6, 6.07) is 9.50. The van der Waals surface area contributed by atoms with Gasteiger partial charge < -0.3 is 4.90 Å². The van der Waals surface area contributed by atoms with Gasteiger partial charge in [0, 0.05) is 36.3 Å². The van der Waals surface area contributed by atoms with Crippen LogP contribution >= 0.6 is 11.6 Å². The Hall–Kier alpha value is -1.74. The third-order valence-corrected chi connectivity index (χ3v) is 5.13. The van der Waals surface area contributed by atoms with Crippen LogP contribution in [0.1, 0.15) is 12.8 Å². The van der Waals surface area contributed by atoms with Crippen LogP contribution in [0.3, 0.4) is 0 Å². The molecule has 1 saturated heterocycles. The van der Waals surface area contributed by atoms with Gasteiger partial charge in [0.1, 0.15) is 12.1 Å². The van der Waals surface area contributed by atoms with E-state index in [0.717, 1.165) is 43.0 Å². The first-order chi connectivity index (χ1) is 11.9. The van der Waals surface area contributed by atoms with Crippen LogP contribution in [-0.2, 0) is 10.2 Å². The quantitative estimate of drug-likeness (QED) is 0.822. The number of rotatable bonds is 5. The van der Waals surface area contributed by atoms with E-state index < -0.39 is 10.2 Å². The Kier molecular flexibility index (Phi) is 5.53. The Morgan fingerprint density at radius 3 is 2.52 bits per heavy atom. The van der Waals surface area contributed by atoms with Gasteiger partial charge in [0.2, 0.25) is 0 Å². The molecule has 0 amide bonds. The zero-order chi connectivity index (χ0) is 17.9. The van der Waals surface area contributed by atoms with Crippen molar-refractivity contribution < 1.29 is 8.42 Å². The summed E-state index contributed by atoms with van der Waals surface area (Å²) in [6.45, 7) is 2.01. The predicted octanol–water partition coefficient (Wildman–Crippen LogP) is 1.81. The SMILES string of the molecule is NS(=O)(=O)NCC1CCN(c2cc(-c3ccc(Cl)cc3)ncn2)CC1. The molecule has 0 radical (unpaired) electrons. The molecule has 7 nitrogen and oxygen atoms in total. The number of nitrogens with one attached hydrogen (secondary N) is 1. The summed E-state index contributed by atoms with van der Waals surface area (Å²) in [5.41, 5.74) is 1.83. The Balaban J connectivity index is 1.64. The first-order valence-electron chi connectivity index (χ1n) is 8.01. The second-order valence-corrected chi connectivity index (χ2v) is 7.91. The van der Waals surface area contributed by atoms with Gasteiger partial charge in [-0.25, -0.2) is 19.8 Å². The standard InChI is InChI=1S/C16H20ClN5O2S/c17-14-3-1-13(2-4-14)15-9-16(20-11-19-15)22-7-5-12(6-8-22)10-21-25(18,23)24/h1-4,9,11-12,21H,5-8,10H2,(H2,18,23,24). The number of aromatic nitrogens is 2. The second kappa shape index (κ2) is 7.65. The van der Waals surface area contributed by atoms with Crippen molar-refractivity contribution in [2.24, 2.45) is 11.1 Å². The molecule has 1 aromatic heterocycles. The molecule has 0 spiro atoms. The van der Waals surface area contributed by atoms with Crippen molar-refractivity contribution in [3.63, 3.8) is 0 Å². The normalized spacial score (nSPS) is 16.2. The molecule has 134 valence electrons. The molecule has 9 heteroatoms. The van der Waals surface area contributed by atoms with Gasteiger partial charge in [0.05, 0.1) is 5.69 Å². The van der Waals surface area contributed by atoms with Crippen LogP contribution in [0.4, 0.5) is 5.82 Å². The summed E-state index contributed by atoms with van der Waals surface area (Å²) >= 11 is 5.93. The summed E-state index contributed by atoms with van der Waals surface area (Å²) < 4.78 is 24.3. The van der Waals surface area contributed by atoms with E-state index in [1.165, 1.54) is 0 Å². The summed E-state index contributed by atoms with van der Waals surface area (Å²) in [4.78, 5) is 10.9. The van der Waals surface area contributed by atoms with Crippen molar-refractivity contribution in [1.82, 2.24) is 14.7 Å². The van der Waals surface area contributed by atoms with Gasteiger partial charge in [-0.05, 0) is 30.9 Å². The maximum absolute atomic E-state index is 11.0. The van der Waals surface area contributed by atoms with Gasteiger partial charge in [0.25, 0.3) is 10.2 Å². The molecule has 2 heterocycles. The molecule has 1 fully saturated rings. The zero-order valence-electron chi connectivity index (χ0n) is 13.6. The van der Waals surface area contributed by atoms with Crippen molar-refractivity contribution in [3.8, 4) is 11.3 Å².